The fourth-order valence-corrected chi connectivity index (χ4v) is 8.96. The van der Waals surface area contributed by atoms with E-state index in [4.69, 9.17) is 0 Å². The Labute approximate surface area is 139 Å². The number of rotatable bonds is 1. The fraction of sp³-hybridized carbons (Fsp3) is 1.00. The molecule has 4 bridgehead atoms. The second-order valence-electron chi connectivity index (χ2n) is 10.8. The summed E-state index contributed by atoms with van der Waals surface area (Å²) in [6.07, 6.45) is 5.52. The molecule has 23 heavy (non-hydrogen) atoms. The molecule has 0 radical (unpaired) electrons. The first-order valence-corrected chi connectivity index (χ1v) is 9.67. The summed E-state index contributed by atoms with van der Waals surface area (Å²) < 4.78 is 0. The zero-order chi connectivity index (χ0) is 16.4. The molecule has 3 nitrogen and oxygen atoms in total. The average molecular weight is 320 g/mol. The van der Waals surface area contributed by atoms with Gasteiger partial charge in [-0.2, -0.15) is 0 Å². The van der Waals surface area contributed by atoms with E-state index in [2.05, 4.69) is 20.8 Å². The topological polar surface area (TPSA) is 60.7 Å². The summed E-state index contributed by atoms with van der Waals surface area (Å²) in [4.78, 5) is 0. The van der Waals surface area contributed by atoms with E-state index in [9.17, 15) is 15.3 Å². The second-order valence-corrected chi connectivity index (χ2v) is 10.8. The van der Waals surface area contributed by atoms with Gasteiger partial charge in [-0.1, -0.05) is 20.8 Å². The minimum Gasteiger partial charge on any atom is -0.396 e. The summed E-state index contributed by atoms with van der Waals surface area (Å²) in [6.45, 7) is 7.09. The van der Waals surface area contributed by atoms with Crippen LogP contribution in [0.15, 0.2) is 0 Å². The minimum absolute atomic E-state index is 0.0727. The van der Waals surface area contributed by atoms with Gasteiger partial charge >= 0.3 is 0 Å². The molecule has 6 fully saturated rings. The van der Waals surface area contributed by atoms with Crippen LogP contribution < -0.4 is 0 Å². The summed E-state index contributed by atoms with van der Waals surface area (Å²) in [5.74, 6) is 2.57. The normalized spacial score (nSPS) is 69.1. The van der Waals surface area contributed by atoms with E-state index in [1.165, 1.54) is 19.3 Å². The van der Waals surface area contributed by atoms with Crippen molar-refractivity contribution in [1.82, 2.24) is 0 Å². The smallest absolute Gasteiger partial charge is 0.0602 e. The standard InChI is InChI=1S/C20H32O3/c1-17(10-21)6-11(22)7-18(2)14(17)5-16(23)20-8-13-12(4-15(18)20)19(13,3)9-20/h11-16,21-23H,4-10H2,1-3H3/t11-,12+,13+,14+,15-,16-,17+,18+,19-,20+/m0/s1. The Balaban J connectivity index is 1.60. The molecular formula is C20H32O3. The maximum atomic E-state index is 11.2. The zero-order valence-electron chi connectivity index (χ0n) is 14.8. The molecule has 0 aromatic heterocycles. The molecule has 0 amide bonds. The molecule has 10 atom stereocenters. The van der Waals surface area contributed by atoms with Gasteiger partial charge < -0.3 is 15.3 Å². The first-order chi connectivity index (χ1) is 10.7. The molecule has 1 spiro atoms. The van der Waals surface area contributed by atoms with Crippen LogP contribution in [0.5, 0.6) is 0 Å². The molecule has 3 N–H and O–H groups in total. The lowest BCUT2D eigenvalue weighted by molar-refractivity contribution is -0.233. The quantitative estimate of drug-likeness (QED) is 0.696. The predicted octanol–water partition coefficient (Wildman–Crippen LogP) is 2.58. The van der Waals surface area contributed by atoms with Gasteiger partial charge in [-0.3, -0.25) is 0 Å². The lowest BCUT2D eigenvalue weighted by atomic mass is 9.38. The fourth-order valence-electron chi connectivity index (χ4n) is 8.96. The van der Waals surface area contributed by atoms with Crippen molar-refractivity contribution in [2.45, 2.75) is 71.5 Å². The molecule has 0 unspecified atom stereocenters. The third-order valence-electron chi connectivity index (χ3n) is 9.86. The van der Waals surface area contributed by atoms with Crippen molar-refractivity contribution in [2.24, 2.45) is 45.3 Å². The Kier molecular flexibility index (Phi) is 2.63. The van der Waals surface area contributed by atoms with E-state index in [-0.39, 0.29) is 35.1 Å². The Bertz CT molecular complexity index is 563. The lowest BCUT2D eigenvalue weighted by Gasteiger charge is -2.67. The highest BCUT2D eigenvalue weighted by molar-refractivity contribution is 5.28. The number of fused-ring (bicyclic) bond motifs is 1. The monoisotopic (exact) mass is 320 g/mol. The number of aliphatic hydroxyl groups excluding tert-OH is 3. The summed E-state index contributed by atoms with van der Waals surface area (Å²) in [6, 6.07) is 0. The maximum Gasteiger partial charge on any atom is 0.0602 e. The molecule has 6 saturated carbocycles. The molecule has 0 aliphatic heterocycles. The summed E-state index contributed by atoms with van der Waals surface area (Å²) >= 11 is 0. The van der Waals surface area contributed by atoms with Gasteiger partial charge in [0.05, 0.1) is 12.2 Å². The summed E-state index contributed by atoms with van der Waals surface area (Å²) in [7, 11) is 0. The van der Waals surface area contributed by atoms with Crippen molar-refractivity contribution in [2.75, 3.05) is 6.61 Å². The average Bonchev–Trinajstić information content (AvgIpc) is 2.93. The van der Waals surface area contributed by atoms with Gasteiger partial charge in [0.2, 0.25) is 0 Å². The molecule has 0 heterocycles. The lowest BCUT2D eigenvalue weighted by Crippen LogP contribution is -2.65. The third-order valence-corrected chi connectivity index (χ3v) is 9.86. The van der Waals surface area contributed by atoms with Crippen LogP contribution in [0.25, 0.3) is 0 Å². The van der Waals surface area contributed by atoms with E-state index < -0.39 is 0 Å². The van der Waals surface area contributed by atoms with Crippen LogP contribution in [-0.4, -0.2) is 34.1 Å². The molecule has 6 aliphatic carbocycles. The van der Waals surface area contributed by atoms with Crippen molar-refractivity contribution in [1.29, 1.82) is 0 Å². The maximum absolute atomic E-state index is 11.2. The van der Waals surface area contributed by atoms with E-state index in [1.807, 2.05) is 0 Å². The van der Waals surface area contributed by atoms with Crippen molar-refractivity contribution >= 4 is 0 Å². The van der Waals surface area contributed by atoms with Crippen LogP contribution in [0.2, 0.25) is 0 Å². The SMILES string of the molecule is C[C@]1(CO)C[C@H](O)C[C@]2(C)[C@@H]1C[C@H](O)[C@@]13C[C@@H]4[C@@H](C[C@@H]21)[C@]4(C)C3. The molecule has 6 rings (SSSR count). The Morgan fingerprint density at radius 1 is 0.870 bits per heavy atom. The van der Waals surface area contributed by atoms with Gasteiger partial charge in [-0.15, -0.1) is 0 Å². The van der Waals surface area contributed by atoms with Gasteiger partial charge in [-0.25, -0.2) is 0 Å². The highest BCUT2D eigenvalue weighted by Crippen LogP contribution is 2.85. The molecule has 0 saturated heterocycles. The van der Waals surface area contributed by atoms with Crippen molar-refractivity contribution < 1.29 is 15.3 Å². The van der Waals surface area contributed by atoms with Gasteiger partial charge in [0.15, 0.2) is 0 Å². The first-order valence-electron chi connectivity index (χ1n) is 9.67. The second kappa shape index (κ2) is 3.99. The van der Waals surface area contributed by atoms with Gasteiger partial charge in [0, 0.05) is 12.0 Å². The van der Waals surface area contributed by atoms with Crippen LogP contribution in [-0.2, 0) is 0 Å². The number of hydrogen-bond acceptors (Lipinski definition) is 3. The Morgan fingerprint density at radius 3 is 2.22 bits per heavy atom. The van der Waals surface area contributed by atoms with Crippen LogP contribution in [0.1, 0.15) is 59.3 Å². The van der Waals surface area contributed by atoms with Crippen molar-refractivity contribution in [3.05, 3.63) is 0 Å². The van der Waals surface area contributed by atoms with E-state index >= 15 is 0 Å². The van der Waals surface area contributed by atoms with E-state index in [0.29, 0.717) is 23.7 Å². The van der Waals surface area contributed by atoms with Gasteiger partial charge in [0.1, 0.15) is 0 Å². The minimum atomic E-state index is -0.302. The Morgan fingerprint density at radius 2 is 1.61 bits per heavy atom. The van der Waals surface area contributed by atoms with Crippen molar-refractivity contribution in [3.8, 4) is 0 Å². The summed E-state index contributed by atoms with van der Waals surface area (Å²) in [5, 5.41) is 31.9. The molecule has 130 valence electrons. The molecular weight excluding hydrogens is 288 g/mol. The van der Waals surface area contributed by atoms with Gasteiger partial charge in [0.25, 0.3) is 0 Å². The highest BCUT2D eigenvalue weighted by atomic mass is 16.3. The van der Waals surface area contributed by atoms with E-state index in [1.54, 1.807) is 0 Å². The Hall–Kier alpha value is -0.120. The van der Waals surface area contributed by atoms with Gasteiger partial charge in [-0.05, 0) is 78.4 Å². The van der Waals surface area contributed by atoms with Crippen LogP contribution >= 0.6 is 0 Å². The van der Waals surface area contributed by atoms with Crippen LogP contribution in [0, 0.1) is 45.3 Å². The van der Waals surface area contributed by atoms with Crippen LogP contribution in [0.3, 0.4) is 0 Å². The summed E-state index contributed by atoms with van der Waals surface area (Å²) in [5.41, 5.74) is 0.437. The molecule has 3 heteroatoms. The molecule has 0 aromatic carbocycles. The van der Waals surface area contributed by atoms with Crippen LogP contribution in [0.4, 0.5) is 0 Å². The number of hydrogen-bond donors (Lipinski definition) is 3. The third kappa shape index (κ3) is 1.50. The molecule has 0 aromatic rings. The van der Waals surface area contributed by atoms with Crippen molar-refractivity contribution in [3.63, 3.8) is 0 Å². The zero-order valence-corrected chi connectivity index (χ0v) is 14.8. The first kappa shape index (κ1) is 15.2. The van der Waals surface area contributed by atoms with E-state index in [0.717, 1.165) is 24.7 Å². The molecule has 6 aliphatic rings. The largest absolute Gasteiger partial charge is 0.396 e. The number of aliphatic hydroxyl groups is 3. The predicted molar refractivity (Wildman–Crippen MR) is 87.5 cm³/mol. The highest BCUT2D eigenvalue weighted by Gasteiger charge is 2.80.